The van der Waals surface area contributed by atoms with E-state index < -0.39 is 6.04 Å². The summed E-state index contributed by atoms with van der Waals surface area (Å²) in [5.74, 6) is -0.453. The van der Waals surface area contributed by atoms with Crippen molar-refractivity contribution in [2.45, 2.75) is 32.9 Å². The van der Waals surface area contributed by atoms with Crippen molar-refractivity contribution in [2.24, 2.45) is 0 Å². The fourth-order valence-corrected chi connectivity index (χ4v) is 4.13. The van der Waals surface area contributed by atoms with Gasteiger partial charge in [-0.2, -0.15) is 0 Å². The van der Waals surface area contributed by atoms with Gasteiger partial charge in [0.25, 0.3) is 11.8 Å². The molecule has 0 fully saturated rings. The fraction of sp³-hybridized carbons (Fsp3) is 0.269. The zero-order valence-electron chi connectivity index (χ0n) is 18.8. The molecule has 7 heteroatoms. The van der Waals surface area contributed by atoms with Crippen LogP contribution in [-0.2, 0) is 17.8 Å². The summed E-state index contributed by atoms with van der Waals surface area (Å²) in [5.41, 5.74) is 3.19. The van der Waals surface area contributed by atoms with Gasteiger partial charge in [-0.3, -0.25) is 14.4 Å². The Labute approximate surface area is 193 Å². The SMILES string of the molecule is CCN(CC)C(=O)c1ccc(NC(=O)[C@H]2Cc3ccccc3CN2C(=O)c2ccco2)cc1. The van der Waals surface area contributed by atoms with Crippen LogP contribution in [0.25, 0.3) is 0 Å². The van der Waals surface area contributed by atoms with Crippen LogP contribution in [0.15, 0.2) is 71.3 Å². The average molecular weight is 446 g/mol. The lowest BCUT2D eigenvalue weighted by atomic mass is 9.93. The Hall–Kier alpha value is -3.87. The third-order valence-electron chi connectivity index (χ3n) is 5.99. The van der Waals surface area contributed by atoms with Crippen LogP contribution in [0.3, 0.4) is 0 Å². The first-order chi connectivity index (χ1) is 16.0. The van der Waals surface area contributed by atoms with Crippen LogP contribution in [0.4, 0.5) is 5.69 Å². The number of carbonyl (C=O) groups excluding carboxylic acids is 3. The van der Waals surface area contributed by atoms with Crippen molar-refractivity contribution < 1.29 is 18.8 Å². The Morgan fingerprint density at radius 2 is 1.67 bits per heavy atom. The van der Waals surface area contributed by atoms with E-state index in [1.807, 2.05) is 38.1 Å². The molecule has 3 aromatic rings. The maximum absolute atomic E-state index is 13.3. The maximum Gasteiger partial charge on any atom is 0.290 e. The molecule has 1 atom stereocenters. The first-order valence-corrected chi connectivity index (χ1v) is 11.1. The summed E-state index contributed by atoms with van der Waals surface area (Å²) in [5, 5.41) is 2.91. The van der Waals surface area contributed by atoms with Crippen molar-refractivity contribution in [3.05, 3.63) is 89.4 Å². The second-order valence-electron chi connectivity index (χ2n) is 7.94. The van der Waals surface area contributed by atoms with Crippen LogP contribution in [0.1, 0.15) is 45.9 Å². The van der Waals surface area contributed by atoms with E-state index in [-0.39, 0.29) is 23.5 Å². The lowest BCUT2D eigenvalue weighted by Crippen LogP contribution is -2.50. The van der Waals surface area contributed by atoms with Crippen molar-refractivity contribution in [3.8, 4) is 0 Å². The largest absolute Gasteiger partial charge is 0.459 e. The van der Waals surface area contributed by atoms with E-state index in [9.17, 15) is 14.4 Å². The molecule has 0 aliphatic carbocycles. The average Bonchev–Trinajstić information content (AvgIpc) is 3.39. The molecule has 1 N–H and O–H groups in total. The third-order valence-corrected chi connectivity index (χ3v) is 5.99. The second kappa shape index (κ2) is 9.73. The van der Waals surface area contributed by atoms with Crippen molar-refractivity contribution in [3.63, 3.8) is 0 Å². The van der Waals surface area contributed by atoms with Gasteiger partial charge in [0, 0.05) is 37.3 Å². The van der Waals surface area contributed by atoms with E-state index in [1.54, 1.807) is 46.2 Å². The quantitative estimate of drug-likeness (QED) is 0.622. The Morgan fingerprint density at radius 1 is 0.970 bits per heavy atom. The molecule has 3 amide bonds. The molecule has 0 saturated heterocycles. The number of carbonyl (C=O) groups is 3. The van der Waals surface area contributed by atoms with E-state index in [1.165, 1.54) is 6.26 Å². The summed E-state index contributed by atoms with van der Waals surface area (Å²) in [4.78, 5) is 42.2. The van der Waals surface area contributed by atoms with E-state index >= 15 is 0 Å². The van der Waals surface area contributed by atoms with Crippen molar-refractivity contribution in [2.75, 3.05) is 18.4 Å². The molecule has 0 saturated carbocycles. The molecule has 0 spiro atoms. The van der Waals surface area contributed by atoms with Crippen LogP contribution >= 0.6 is 0 Å². The number of hydrogen-bond donors (Lipinski definition) is 1. The molecule has 0 bridgehead atoms. The third kappa shape index (κ3) is 4.67. The van der Waals surface area contributed by atoms with E-state index in [2.05, 4.69) is 5.32 Å². The van der Waals surface area contributed by atoms with Crippen molar-refractivity contribution in [1.82, 2.24) is 9.80 Å². The number of furan rings is 1. The standard InChI is InChI=1S/C26H27N3O4/c1-3-28(4-2)25(31)18-11-13-21(14-12-18)27-24(30)22-16-19-8-5-6-9-20(19)17-29(22)26(32)23-10-7-15-33-23/h5-15,22H,3-4,16-17H2,1-2H3,(H,27,30)/t22-/m1/s1. The van der Waals surface area contributed by atoms with Gasteiger partial charge in [-0.25, -0.2) is 0 Å². The van der Waals surface area contributed by atoms with Crippen LogP contribution < -0.4 is 5.32 Å². The Kier molecular flexibility index (Phi) is 6.58. The summed E-state index contributed by atoms with van der Waals surface area (Å²) in [6, 6.07) is 17.2. The molecule has 1 aliphatic heterocycles. The van der Waals surface area contributed by atoms with Crippen molar-refractivity contribution in [1.29, 1.82) is 0 Å². The first-order valence-electron chi connectivity index (χ1n) is 11.1. The van der Waals surface area contributed by atoms with Gasteiger partial charge in [0.15, 0.2) is 5.76 Å². The zero-order chi connectivity index (χ0) is 23.4. The van der Waals surface area contributed by atoms with Crippen LogP contribution in [0.2, 0.25) is 0 Å². The van der Waals surface area contributed by atoms with Gasteiger partial charge in [0.1, 0.15) is 6.04 Å². The lowest BCUT2D eigenvalue weighted by Gasteiger charge is -2.35. The molecule has 0 radical (unpaired) electrons. The minimum Gasteiger partial charge on any atom is -0.459 e. The van der Waals surface area contributed by atoms with E-state index in [0.29, 0.717) is 37.3 Å². The topological polar surface area (TPSA) is 82.9 Å². The number of fused-ring (bicyclic) bond motifs is 1. The monoisotopic (exact) mass is 445 g/mol. The van der Waals surface area contributed by atoms with E-state index in [4.69, 9.17) is 4.42 Å². The number of nitrogens with zero attached hydrogens (tertiary/aromatic N) is 2. The molecular formula is C26H27N3O4. The number of nitrogens with one attached hydrogen (secondary N) is 1. The van der Waals surface area contributed by atoms with Gasteiger partial charge in [0.2, 0.25) is 5.91 Å². The fourth-order valence-electron chi connectivity index (χ4n) is 4.13. The maximum atomic E-state index is 13.3. The number of anilines is 1. The highest BCUT2D eigenvalue weighted by Crippen LogP contribution is 2.26. The minimum atomic E-state index is -0.686. The Morgan fingerprint density at radius 3 is 2.30 bits per heavy atom. The van der Waals surface area contributed by atoms with Gasteiger partial charge in [-0.15, -0.1) is 0 Å². The molecule has 2 heterocycles. The molecule has 4 rings (SSSR count). The Bertz CT molecular complexity index is 1130. The summed E-state index contributed by atoms with van der Waals surface area (Å²) in [6.45, 7) is 5.47. The predicted octanol–water partition coefficient (Wildman–Crippen LogP) is 3.97. The molecule has 0 unspecified atom stereocenters. The van der Waals surface area contributed by atoms with Crippen LogP contribution in [0.5, 0.6) is 0 Å². The smallest absolute Gasteiger partial charge is 0.290 e. The van der Waals surface area contributed by atoms with Gasteiger partial charge >= 0.3 is 0 Å². The normalized spacial score (nSPS) is 15.0. The molecule has 170 valence electrons. The highest BCUT2D eigenvalue weighted by Gasteiger charge is 2.36. The first kappa shape index (κ1) is 22.3. The highest BCUT2D eigenvalue weighted by molar-refractivity contribution is 6.01. The summed E-state index contributed by atoms with van der Waals surface area (Å²) in [7, 11) is 0. The number of amides is 3. The minimum absolute atomic E-state index is 0.0445. The van der Waals surface area contributed by atoms with Gasteiger partial charge in [-0.1, -0.05) is 24.3 Å². The summed E-state index contributed by atoms with van der Waals surface area (Å²) < 4.78 is 5.30. The second-order valence-corrected chi connectivity index (χ2v) is 7.94. The summed E-state index contributed by atoms with van der Waals surface area (Å²) >= 11 is 0. The molecule has 1 aromatic heterocycles. The number of hydrogen-bond acceptors (Lipinski definition) is 4. The van der Waals surface area contributed by atoms with Crippen LogP contribution in [0, 0.1) is 0 Å². The number of benzene rings is 2. The summed E-state index contributed by atoms with van der Waals surface area (Å²) in [6.07, 6.45) is 1.86. The molecule has 2 aromatic carbocycles. The van der Waals surface area contributed by atoms with Gasteiger partial charge < -0.3 is 19.5 Å². The van der Waals surface area contributed by atoms with E-state index in [0.717, 1.165) is 11.1 Å². The predicted molar refractivity (Wildman–Crippen MR) is 125 cm³/mol. The Balaban J connectivity index is 1.54. The molecular weight excluding hydrogens is 418 g/mol. The van der Waals surface area contributed by atoms with Gasteiger partial charge in [-0.05, 0) is 61.4 Å². The molecule has 1 aliphatic rings. The van der Waals surface area contributed by atoms with Gasteiger partial charge in [0.05, 0.1) is 6.26 Å². The van der Waals surface area contributed by atoms with Crippen molar-refractivity contribution >= 4 is 23.4 Å². The highest BCUT2D eigenvalue weighted by atomic mass is 16.3. The van der Waals surface area contributed by atoms with Crippen LogP contribution in [-0.4, -0.2) is 46.7 Å². The lowest BCUT2D eigenvalue weighted by molar-refractivity contribution is -0.121. The zero-order valence-corrected chi connectivity index (χ0v) is 18.8. The number of rotatable bonds is 6. The molecule has 7 nitrogen and oxygen atoms in total. The molecule has 33 heavy (non-hydrogen) atoms.